The summed E-state index contributed by atoms with van der Waals surface area (Å²) in [7, 11) is 1.88. The van der Waals surface area contributed by atoms with Gasteiger partial charge in [0.25, 0.3) is 0 Å². The number of thiazole rings is 1. The fourth-order valence-electron chi connectivity index (χ4n) is 1.80. The first kappa shape index (κ1) is 13.6. The van der Waals surface area contributed by atoms with Crippen molar-refractivity contribution in [3.63, 3.8) is 0 Å². The van der Waals surface area contributed by atoms with Gasteiger partial charge in [-0.1, -0.05) is 15.9 Å². The Morgan fingerprint density at radius 3 is 2.89 bits per heavy atom. The van der Waals surface area contributed by atoms with E-state index in [0.29, 0.717) is 12.0 Å². The summed E-state index contributed by atoms with van der Waals surface area (Å²) in [5.41, 5.74) is 0.703. The number of halogens is 2. The Labute approximate surface area is 118 Å². The Kier molecular flexibility index (Phi) is 4.48. The lowest BCUT2D eigenvalue weighted by Crippen LogP contribution is -2.18. The van der Waals surface area contributed by atoms with Gasteiger partial charge in [-0.25, -0.2) is 9.37 Å². The van der Waals surface area contributed by atoms with Crippen molar-refractivity contribution in [3.05, 3.63) is 50.1 Å². The van der Waals surface area contributed by atoms with E-state index in [2.05, 4.69) is 26.2 Å². The highest BCUT2D eigenvalue weighted by molar-refractivity contribution is 9.10. The van der Waals surface area contributed by atoms with E-state index in [0.717, 1.165) is 14.4 Å². The Bertz CT molecular complexity index is 542. The van der Waals surface area contributed by atoms with Crippen LogP contribution >= 0.6 is 27.3 Å². The van der Waals surface area contributed by atoms with Crippen molar-refractivity contribution in [2.45, 2.75) is 19.4 Å². The Morgan fingerprint density at radius 1 is 1.50 bits per heavy atom. The van der Waals surface area contributed by atoms with E-state index in [1.165, 1.54) is 6.07 Å². The SMILES string of the molecule is CNC(Cc1cc(Br)ccc1F)c1cnc(C)s1. The molecule has 96 valence electrons. The van der Waals surface area contributed by atoms with Crippen LogP contribution in [0.15, 0.2) is 28.9 Å². The highest BCUT2D eigenvalue weighted by Gasteiger charge is 2.15. The van der Waals surface area contributed by atoms with E-state index in [-0.39, 0.29) is 11.9 Å². The predicted molar refractivity (Wildman–Crippen MR) is 76.5 cm³/mol. The van der Waals surface area contributed by atoms with Crippen LogP contribution in [0.5, 0.6) is 0 Å². The van der Waals surface area contributed by atoms with Crippen LogP contribution in [0.4, 0.5) is 4.39 Å². The summed E-state index contributed by atoms with van der Waals surface area (Å²) in [5, 5.41) is 4.24. The van der Waals surface area contributed by atoms with Gasteiger partial charge < -0.3 is 5.32 Å². The zero-order valence-corrected chi connectivity index (χ0v) is 12.6. The summed E-state index contributed by atoms with van der Waals surface area (Å²) >= 11 is 5.01. The van der Waals surface area contributed by atoms with E-state index in [9.17, 15) is 4.39 Å². The molecule has 0 spiro atoms. The number of likely N-dealkylation sites (N-methyl/N-ethyl adjacent to an activating group) is 1. The second-order valence-corrected chi connectivity index (χ2v) is 6.24. The fourth-order valence-corrected chi connectivity index (χ4v) is 3.11. The Hall–Kier alpha value is -0.780. The maximum Gasteiger partial charge on any atom is 0.126 e. The molecule has 18 heavy (non-hydrogen) atoms. The molecule has 0 aliphatic rings. The Balaban J connectivity index is 2.22. The van der Waals surface area contributed by atoms with E-state index in [4.69, 9.17) is 0 Å². The third kappa shape index (κ3) is 3.16. The molecule has 1 N–H and O–H groups in total. The summed E-state index contributed by atoms with van der Waals surface area (Å²) in [5.74, 6) is -0.167. The number of nitrogens with one attached hydrogen (secondary N) is 1. The van der Waals surface area contributed by atoms with Crippen molar-refractivity contribution in [1.29, 1.82) is 0 Å². The number of hydrogen-bond donors (Lipinski definition) is 1. The van der Waals surface area contributed by atoms with Gasteiger partial charge in [-0.15, -0.1) is 11.3 Å². The topological polar surface area (TPSA) is 24.9 Å². The van der Waals surface area contributed by atoms with Crippen LogP contribution in [0.25, 0.3) is 0 Å². The molecule has 2 rings (SSSR count). The number of rotatable bonds is 4. The third-order valence-electron chi connectivity index (χ3n) is 2.76. The summed E-state index contributed by atoms with van der Waals surface area (Å²) in [6.45, 7) is 1.97. The number of nitrogens with zero attached hydrogens (tertiary/aromatic N) is 1. The molecule has 0 radical (unpaired) electrons. The molecule has 0 saturated heterocycles. The maximum atomic E-state index is 13.7. The quantitative estimate of drug-likeness (QED) is 0.921. The second-order valence-electron chi connectivity index (χ2n) is 4.06. The molecular formula is C13H14BrFN2S. The molecule has 0 saturated carbocycles. The van der Waals surface area contributed by atoms with Gasteiger partial charge in [0.2, 0.25) is 0 Å². The fraction of sp³-hybridized carbons (Fsp3) is 0.308. The number of benzene rings is 1. The minimum Gasteiger partial charge on any atom is -0.312 e. The number of aryl methyl sites for hydroxylation is 1. The molecule has 1 unspecified atom stereocenters. The molecule has 0 amide bonds. The van der Waals surface area contributed by atoms with Crippen molar-refractivity contribution in [3.8, 4) is 0 Å². The second kappa shape index (κ2) is 5.91. The lowest BCUT2D eigenvalue weighted by molar-refractivity contribution is 0.559. The zero-order chi connectivity index (χ0) is 13.1. The molecule has 1 atom stereocenters. The maximum absolute atomic E-state index is 13.7. The summed E-state index contributed by atoms with van der Waals surface area (Å²) in [6, 6.07) is 5.13. The molecule has 1 heterocycles. The van der Waals surface area contributed by atoms with Gasteiger partial charge in [0.05, 0.1) is 5.01 Å². The normalized spacial score (nSPS) is 12.7. The first-order valence-corrected chi connectivity index (χ1v) is 7.24. The van der Waals surface area contributed by atoms with Gasteiger partial charge in [0.1, 0.15) is 5.82 Å². The summed E-state index contributed by atoms with van der Waals surface area (Å²) < 4.78 is 14.6. The molecule has 2 aromatic rings. The van der Waals surface area contributed by atoms with Crippen LogP contribution in [-0.4, -0.2) is 12.0 Å². The Morgan fingerprint density at radius 2 is 2.28 bits per heavy atom. The van der Waals surface area contributed by atoms with Crippen LogP contribution in [0.1, 0.15) is 21.5 Å². The van der Waals surface area contributed by atoms with Crippen molar-refractivity contribution < 1.29 is 4.39 Å². The van der Waals surface area contributed by atoms with Crippen molar-refractivity contribution in [2.24, 2.45) is 0 Å². The van der Waals surface area contributed by atoms with Gasteiger partial charge in [-0.3, -0.25) is 0 Å². The number of hydrogen-bond acceptors (Lipinski definition) is 3. The highest BCUT2D eigenvalue weighted by atomic mass is 79.9. The molecule has 1 aromatic carbocycles. The minimum atomic E-state index is -0.167. The standard InChI is InChI=1S/C13H14BrFN2S/c1-8-17-7-13(18-8)12(16-2)6-9-5-10(14)3-4-11(9)15/h3-5,7,12,16H,6H2,1-2H3. The highest BCUT2D eigenvalue weighted by Crippen LogP contribution is 2.26. The lowest BCUT2D eigenvalue weighted by Gasteiger charge is -2.14. The average molecular weight is 329 g/mol. The lowest BCUT2D eigenvalue weighted by atomic mass is 10.0. The van der Waals surface area contributed by atoms with E-state index in [1.54, 1.807) is 17.4 Å². The first-order valence-electron chi connectivity index (χ1n) is 5.63. The van der Waals surface area contributed by atoms with Gasteiger partial charge in [0, 0.05) is 21.6 Å². The predicted octanol–water partition coefficient (Wildman–Crippen LogP) is 3.86. The third-order valence-corrected chi connectivity index (χ3v) is 4.28. The van der Waals surface area contributed by atoms with Gasteiger partial charge in [0.15, 0.2) is 0 Å². The first-order chi connectivity index (χ1) is 8.60. The molecule has 1 aromatic heterocycles. The minimum absolute atomic E-state index is 0.0972. The monoisotopic (exact) mass is 328 g/mol. The zero-order valence-electron chi connectivity index (χ0n) is 10.2. The molecule has 5 heteroatoms. The van der Waals surface area contributed by atoms with Crippen LogP contribution in [-0.2, 0) is 6.42 Å². The van der Waals surface area contributed by atoms with Crippen molar-refractivity contribution in [2.75, 3.05) is 7.05 Å². The van der Waals surface area contributed by atoms with Crippen molar-refractivity contribution >= 4 is 27.3 Å². The summed E-state index contributed by atoms with van der Waals surface area (Å²) in [6.07, 6.45) is 2.47. The van der Waals surface area contributed by atoms with Crippen molar-refractivity contribution in [1.82, 2.24) is 10.3 Å². The van der Waals surface area contributed by atoms with E-state index in [1.807, 2.05) is 26.2 Å². The van der Waals surface area contributed by atoms with Gasteiger partial charge >= 0.3 is 0 Å². The molecule has 2 nitrogen and oxygen atoms in total. The van der Waals surface area contributed by atoms with Gasteiger partial charge in [-0.05, 0) is 44.2 Å². The smallest absolute Gasteiger partial charge is 0.126 e. The molecule has 0 aliphatic carbocycles. The van der Waals surface area contributed by atoms with E-state index >= 15 is 0 Å². The summed E-state index contributed by atoms with van der Waals surface area (Å²) in [4.78, 5) is 5.38. The molecule has 0 aliphatic heterocycles. The van der Waals surface area contributed by atoms with Crippen LogP contribution in [0.3, 0.4) is 0 Å². The van der Waals surface area contributed by atoms with Crippen LogP contribution < -0.4 is 5.32 Å². The van der Waals surface area contributed by atoms with Gasteiger partial charge in [-0.2, -0.15) is 0 Å². The largest absolute Gasteiger partial charge is 0.312 e. The molecule has 0 fully saturated rings. The number of aromatic nitrogens is 1. The average Bonchev–Trinajstić information content (AvgIpc) is 2.77. The van der Waals surface area contributed by atoms with E-state index < -0.39 is 0 Å². The molecule has 0 bridgehead atoms. The molecular weight excluding hydrogens is 315 g/mol. The van der Waals surface area contributed by atoms with Crippen LogP contribution in [0.2, 0.25) is 0 Å². The van der Waals surface area contributed by atoms with Crippen LogP contribution in [0, 0.1) is 12.7 Å².